The van der Waals surface area contributed by atoms with Crippen molar-refractivity contribution in [2.75, 3.05) is 38.8 Å². The van der Waals surface area contributed by atoms with Gasteiger partial charge in [0.1, 0.15) is 0 Å². The molecule has 0 N–H and O–H groups in total. The second-order valence-corrected chi connectivity index (χ2v) is 5.53. The first kappa shape index (κ1) is 16.8. The third-order valence-corrected chi connectivity index (χ3v) is 3.30. The molecule has 0 aliphatic carbocycles. The van der Waals surface area contributed by atoms with Crippen molar-refractivity contribution in [3.63, 3.8) is 0 Å². The maximum Gasteiger partial charge on any atom is 0.267 e. The molecule has 0 saturated heterocycles. The third-order valence-electron chi connectivity index (χ3n) is 2.06. The van der Waals surface area contributed by atoms with Crippen LogP contribution in [0.15, 0.2) is 0 Å². The summed E-state index contributed by atoms with van der Waals surface area (Å²) in [6.07, 6.45) is 2.78. The van der Waals surface area contributed by atoms with Gasteiger partial charge in [-0.3, -0.25) is 4.18 Å². The van der Waals surface area contributed by atoms with Gasteiger partial charge in [0.15, 0.2) is 0 Å². The first-order chi connectivity index (χ1) is 8.12. The Bertz CT molecular complexity index is 251. The van der Waals surface area contributed by atoms with Crippen molar-refractivity contribution in [2.45, 2.75) is 33.1 Å². The SMILES string of the molecule is CCCCOCCOCCCOS(=O)(=O)CC. The molecule has 0 aromatic heterocycles. The minimum Gasteiger partial charge on any atom is -0.379 e. The smallest absolute Gasteiger partial charge is 0.267 e. The molecular weight excluding hydrogens is 244 g/mol. The van der Waals surface area contributed by atoms with Crippen molar-refractivity contribution in [3.8, 4) is 0 Å². The average molecular weight is 268 g/mol. The molecule has 0 unspecified atom stereocenters. The first-order valence-electron chi connectivity index (χ1n) is 6.15. The molecule has 6 heteroatoms. The molecule has 0 radical (unpaired) electrons. The van der Waals surface area contributed by atoms with Gasteiger partial charge in [-0.2, -0.15) is 8.42 Å². The van der Waals surface area contributed by atoms with Crippen LogP contribution in [0.5, 0.6) is 0 Å². The number of ether oxygens (including phenoxy) is 2. The van der Waals surface area contributed by atoms with E-state index in [0.717, 1.165) is 19.4 Å². The monoisotopic (exact) mass is 268 g/mol. The lowest BCUT2D eigenvalue weighted by atomic mass is 10.4. The summed E-state index contributed by atoms with van der Waals surface area (Å²) in [6.45, 7) is 6.27. The zero-order valence-corrected chi connectivity index (χ0v) is 11.6. The zero-order chi connectivity index (χ0) is 13.0. The molecule has 0 bridgehead atoms. The van der Waals surface area contributed by atoms with Gasteiger partial charge in [-0.05, 0) is 19.8 Å². The van der Waals surface area contributed by atoms with Crippen LogP contribution < -0.4 is 0 Å². The fourth-order valence-corrected chi connectivity index (χ4v) is 1.54. The highest BCUT2D eigenvalue weighted by molar-refractivity contribution is 7.86. The van der Waals surface area contributed by atoms with Gasteiger partial charge < -0.3 is 9.47 Å². The molecular formula is C11H24O5S. The molecule has 0 aliphatic rings. The minimum absolute atomic E-state index is 0.0130. The maximum atomic E-state index is 11.0. The van der Waals surface area contributed by atoms with Crippen LogP contribution in [0.25, 0.3) is 0 Å². The van der Waals surface area contributed by atoms with Gasteiger partial charge in [0.05, 0.1) is 25.6 Å². The molecule has 0 rings (SSSR count). The van der Waals surface area contributed by atoms with Gasteiger partial charge in [0.2, 0.25) is 0 Å². The number of hydrogen-bond donors (Lipinski definition) is 0. The quantitative estimate of drug-likeness (QED) is 0.397. The van der Waals surface area contributed by atoms with Gasteiger partial charge in [-0.15, -0.1) is 0 Å². The Morgan fingerprint density at radius 3 is 1.94 bits per heavy atom. The van der Waals surface area contributed by atoms with E-state index in [1.807, 2.05) is 0 Å². The second-order valence-electron chi connectivity index (χ2n) is 3.60. The maximum absolute atomic E-state index is 11.0. The van der Waals surface area contributed by atoms with Crippen LogP contribution in [-0.4, -0.2) is 47.2 Å². The van der Waals surface area contributed by atoms with E-state index in [-0.39, 0.29) is 12.4 Å². The van der Waals surface area contributed by atoms with Crippen LogP contribution in [0.2, 0.25) is 0 Å². The van der Waals surface area contributed by atoms with Crippen LogP contribution in [0.3, 0.4) is 0 Å². The van der Waals surface area contributed by atoms with Crippen LogP contribution >= 0.6 is 0 Å². The predicted octanol–water partition coefficient (Wildman–Crippen LogP) is 1.58. The Morgan fingerprint density at radius 1 is 0.824 bits per heavy atom. The summed E-state index contributed by atoms with van der Waals surface area (Å²) in [4.78, 5) is 0. The van der Waals surface area contributed by atoms with Crippen LogP contribution in [0.4, 0.5) is 0 Å². The van der Waals surface area contributed by atoms with E-state index in [4.69, 9.17) is 13.7 Å². The summed E-state index contributed by atoms with van der Waals surface area (Å²) in [5.41, 5.74) is 0. The van der Waals surface area contributed by atoms with Crippen LogP contribution in [0, 0.1) is 0 Å². The summed E-state index contributed by atoms with van der Waals surface area (Å²) >= 11 is 0. The zero-order valence-electron chi connectivity index (χ0n) is 10.8. The Hall–Kier alpha value is -0.170. The molecule has 0 fully saturated rings. The summed E-state index contributed by atoms with van der Waals surface area (Å²) in [6, 6.07) is 0. The molecule has 0 aromatic carbocycles. The third kappa shape index (κ3) is 12.1. The fraction of sp³-hybridized carbons (Fsp3) is 1.00. The number of unbranched alkanes of at least 4 members (excludes halogenated alkanes) is 1. The van der Waals surface area contributed by atoms with E-state index in [9.17, 15) is 8.42 Å². The summed E-state index contributed by atoms with van der Waals surface area (Å²) in [5.74, 6) is 0.0130. The Morgan fingerprint density at radius 2 is 1.41 bits per heavy atom. The van der Waals surface area contributed by atoms with Crippen molar-refractivity contribution >= 4 is 10.1 Å². The Balaban J connectivity index is 3.14. The number of rotatable bonds is 12. The van der Waals surface area contributed by atoms with Gasteiger partial charge in [-0.25, -0.2) is 0 Å². The molecule has 0 heterocycles. The summed E-state index contributed by atoms with van der Waals surface area (Å²) < 4.78 is 37.2. The molecule has 0 amide bonds. The topological polar surface area (TPSA) is 61.8 Å². The molecule has 5 nitrogen and oxygen atoms in total. The molecule has 0 atom stereocenters. The second kappa shape index (κ2) is 11.0. The number of hydrogen-bond acceptors (Lipinski definition) is 5. The van der Waals surface area contributed by atoms with Gasteiger partial charge in [0, 0.05) is 13.2 Å². The predicted molar refractivity (Wildman–Crippen MR) is 66.6 cm³/mol. The molecule has 104 valence electrons. The lowest BCUT2D eigenvalue weighted by molar-refractivity contribution is 0.0428. The van der Waals surface area contributed by atoms with Crippen molar-refractivity contribution < 1.29 is 22.1 Å². The van der Waals surface area contributed by atoms with Gasteiger partial charge in [0.25, 0.3) is 10.1 Å². The Kier molecular flexibility index (Phi) is 10.8. The standard InChI is InChI=1S/C11H24O5S/c1-3-5-7-14-10-11-15-8-6-9-16-17(12,13)4-2/h3-11H2,1-2H3. The molecule has 17 heavy (non-hydrogen) atoms. The fourth-order valence-electron chi connectivity index (χ4n) is 0.999. The van der Waals surface area contributed by atoms with E-state index < -0.39 is 10.1 Å². The average Bonchev–Trinajstić information content (AvgIpc) is 2.31. The van der Waals surface area contributed by atoms with Crippen LogP contribution in [0.1, 0.15) is 33.1 Å². The van der Waals surface area contributed by atoms with Gasteiger partial charge in [-0.1, -0.05) is 13.3 Å². The summed E-state index contributed by atoms with van der Waals surface area (Å²) in [7, 11) is -3.31. The highest BCUT2D eigenvalue weighted by Gasteiger charge is 2.05. The van der Waals surface area contributed by atoms with E-state index in [0.29, 0.717) is 26.2 Å². The van der Waals surface area contributed by atoms with Crippen molar-refractivity contribution in [2.24, 2.45) is 0 Å². The molecule has 0 aliphatic heterocycles. The van der Waals surface area contributed by atoms with E-state index >= 15 is 0 Å². The molecule has 0 aromatic rings. The summed E-state index contributed by atoms with van der Waals surface area (Å²) in [5, 5.41) is 0. The van der Waals surface area contributed by atoms with Gasteiger partial charge >= 0.3 is 0 Å². The van der Waals surface area contributed by atoms with Crippen molar-refractivity contribution in [1.29, 1.82) is 0 Å². The highest BCUT2D eigenvalue weighted by Crippen LogP contribution is 1.95. The van der Waals surface area contributed by atoms with E-state index in [1.54, 1.807) is 6.92 Å². The Labute approximate surface area is 105 Å². The lowest BCUT2D eigenvalue weighted by Crippen LogP contribution is -2.11. The molecule has 0 spiro atoms. The normalized spacial score (nSPS) is 11.9. The highest BCUT2D eigenvalue weighted by atomic mass is 32.2. The van der Waals surface area contributed by atoms with Crippen molar-refractivity contribution in [3.05, 3.63) is 0 Å². The first-order valence-corrected chi connectivity index (χ1v) is 7.72. The lowest BCUT2D eigenvalue weighted by Gasteiger charge is -2.05. The minimum atomic E-state index is -3.31. The van der Waals surface area contributed by atoms with Crippen molar-refractivity contribution in [1.82, 2.24) is 0 Å². The largest absolute Gasteiger partial charge is 0.379 e. The van der Waals surface area contributed by atoms with E-state index in [1.165, 1.54) is 0 Å². The van der Waals surface area contributed by atoms with E-state index in [2.05, 4.69) is 6.92 Å². The van der Waals surface area contributed by atoms with Crippen LogP contribution in [-0.2, 0) is 23.8 Å². The molecule has 0 saturated carbocycles.